The van der Waals surface area contributed by atoms with Gasteiger partial charge in [-0.1, -0.05) is 23.8 Å². The maximum Gasteiger partial charge on any atom is 0.0459 e. The van der Waals surface area contributed by atoms with Crippen molar-refractivity contribution in [3.63, 3.8) is 0 Å². The van der Waals surface area contributed by atoms with Crippen molar-refractivity contribution in [2.24, 2.45) is 5.73 Å². The van der Waals surface area contributed by atoms with Gasteiger partial charge in [0.15, 0.2) is 0 Å². The number of aromatic amines is 1. The van der Waals surface area contributed by atoms with Crippen LogP contribution >= 0.6 is 12.4 Å². The first-order valence-electron chi connectivity index (χ1n) is 5.56. The summed E-state index contributed by atoms with van der Waals surface area (Å²) in [6.45, 7) is 8.02. The van der Waals surface area contributed by atoms with E-state index in [1.54, 1.807) is 0 Å². The number of aromatic nitrogens is 1. The van der Waals surface area contributed by atoms with Crippen LogP contribution in [0.4, 0.5) is 0 Å². The van der Waals surface area contributed by atoms with Gasteiger partial charge in [-0.15, -0.1) is 19.0 Å². The molecule has 2 rings (SSSR count). The molecule has 92 valence electrons. The molecule has 1 aromatic heterocycles. The van der Waals surface area contributed by atoms with Gasteiger partial charge < -0.3 is 10.7 Å². The Balaban J connectivity index is 0.00000144. The number of hydrogen-bond acceptors (Lipinski definition) is 1. The van der Waals surface area contributed by atoms with Crippen LogP contribution in [0, 0.1) is 6.92 Å². The molecule has 1 heterocycles. The van der Waals surface area contributed by atoms with Gasteiger partial charge in [-0.3, -0.25) is 0 Å². The zero-order chi connectivity index (χ0) is 11.7. The van der Waals surface area contributed by atoms with Gasteiger partial charge in [-0.2, -0.15) is 0 Å². The number of H-pyrrole nitrogens is 1. The van der Waals surface area contributed by atoms with Crippen molar-refractivity contribution in [1.29, 1.82) is 0 Å². The van der Waals surface area contributed by atoms with Crippen molar-refractivity contribution in [1.82, 2.24) is 4.98 Å². The minimum atomic E-state index is 0. The average molecular weight is 251 g/mol. The molecular weight excluding hydrogens is 232 g/mol. The van der Waals surface area contributed by atoms with Crippen LogP contribution in [0.15, 0.2) is 36.4 Å². The molecular formula is C14H19ClN2. The Kier molecular flexibility index (Phi) is 4.38. The quantitative estimate of drug-likeness (QED) is 0.798. The molecule has 0 aliphatic rings. The number of benzene rings is 1. The van der Waals surface area contributed by atoms with E-state index in [1.165, 1.54) is 10.9 Å². The van der Waals surface area contributed by atoms with Crippen LogP contribution in [0.2, 0.25) is 0 Å². The summed E-state index contributed by atoms with van der Waals surface area (Å²) in [5, 5.41) is 1.23. The van der Waals surface area contributed by atoms with Gasteiger partial charge in [0.2, 0.25) is 0 Å². The number of para-hydroxylation sites is 1. The second-order valence-corrected chi connectivity index (χ2v) is 4.48. The molecule has 0 spiro atoms. The van der Waals surface area contributed by atoms with E-state index in [9.17, 15) is 0 Å². The fourth-order valence-corrected chi connectivity index (χ4v) is 2.25. The normalized spacial score (nSPS) is 12.2. The molecule has 0 fully saturated rings. The van der Waals surface area contributed by atoms with Gasteiger partial charge >= 0.3 is 0 Å². The van der Waals surface area contributed by atoms with Crippen LogP contribution in [0.25, 0.3) is 10.9 Å². The van der Waals surface area contributed by atoms with Gasteiger partial charge in [0, 0.05) is 22.6 Å². The molecule has 17 heavy (non-hydrogen) atoms. The largest absolute Gasteiger partial charge is 0.358 e. The summed E-state index contributed by atoms with van der Waals surface area (Å²) in [6.07, 6.45) is 0.836. The molecule has 1 aromatic carbocycles. The second-order valence-electron chi connectivity index (χ2n) is 4.48. The van der Waals surface area contributed by atoms with E-state index >= 15 is 0 Å². The maximum atomic E-state index is 6.23. The Morgan fingerprint density at radius 1 is 1.41 bits per heavy atom. The fourth-order valence-electron chi connectivity index (χ4n) is 2.25. The Morgan fingerprint density at radius 2 is 2.06 bits per heavy atom. The lowest BCUT2D eigenvalue weighted by Crippen LogP contribution is -2.11. The molecule has 3 heteroatoms. The molecule has 3 N–H and O–H groups in total. The van der Waals surface area contributed by atoms with Gasteiger partial charge in [-0.05, 0) is 31.9 Å². The zero-order valence-electron chi connectivity index (χ0n) is 10.3. The summed E-state index contributed by atoms with van der Waals surface area (Å²) in [7, 11) is 0. The van der Waals surface area contributed by atoms with Crippen LogP contribution in [0.3, 0.4) is 0 Å². The van der Waals surface area contributed by atoms with Gasteiger partial charge in [0.1, 0.15) is 0 Å². The predicted octanol–water partition coefficient (Wildman–Crippen LogP) is 3.86. The van der Waals surface area contributed by atoms with Crippen molar-refractivity contribution >= 4 is 23.3 Å². The summed E-state index contributed by atoms with van der Waals surface area (Å²) in [5.74, 6) is 0. The Bertz CT molecular complexity index is 528. The number of rotatable bonds is 3. The van der Waals surface area contributed by atoms with Crippen LogP contribution < -0.4 is 5.73 Å². The van der Waals surface area contributed by atoms with E-state index in [4.69, 9.17) is 5.73 Å². The molecule has 0 saturated heterocycles. The number of nitrogens with two attached hydrogens (primary N) is 1. The topological polar surface area (TPSA) is 41.8 Å². The fraction of sp³-hybridized carbons (Fsp3) is 0.286. The third kappa shape index (κ3) is 2.71. The average Bonchev–Trinajstić information content (AvgIpc) is 2.52. The lowest BCUT2D eigenvalue weighted by molar-refractivity contribution is 0.717. The summed E-state index contributed by atoms with van der Waals surface area (Å²) < 4.78 is 0. The summed E-state index contributed by atoms with van der Waals surface area (Å²) >= 11 is 0. The molecule has 0 bridgehead atoms. The van der Waals surface area contributed by atoms with Crippen molar-refractivity contribution in [2.45, 2.75) is 26.3 Å². The van der Waals surface area contributed by atoms with Crippen molar-refractivity contribution in [3.8, 4) is 0 Å². The number of hydrogen-bond donors (Lipinski definition) is 2. The van der Waals surface area contributed by atoms with Gasteiger partial charge in [0.05, 0.1) is 0 Å². The SMILES string of the molecule is C=C(C)C[C@H](N)c1c(C)[nH]c2ccccc12.Cl. The maximum absolute atomic E-state index is 6.23. The Morgan fingerprint density at radius 3 is 2.71 bits per heavy atom. The number of fused-ring (bicyclic) bond motifs is 1. The van der Waals surface area contributed by atoms with Crippen LogP contribution in [-0.2, 0) is 0 Å². The van der Waals surface area contributed by atoms with E-state index in [0.29, 0.717) is 0 Å². The van der Waals surface area contributed by atoms with E-state index in [0.717, 1.165) is 23.2 Å². The minimum absolute atomic E-state index is 0. The highest BCUT2D eigenvalue weighted by Crippen LogP contribution is 2.29. The second kappa shape index (κ2) is 5.39. The molecule has 1 atom stereocenters. The minimum Gasteiger partial charge on any atom is -0.358 e. The van der Waals surface area contributed by atoms with Crippen molar-refractivity contribution in [2.75, 3.05) is 0 Å². The smallest absolute Gasteiger partial charge is 0.0459 e. The van der Waals surface area contributed by atoms with E-state index < -0.39 is 0 Å². The highest BCUT2D eigenvalue weighted by molar-refractivity contribution is 5.85. The summed E-state index contributed by atoms with van der Waals surface area (Å²) in [4.78, 5) is 3.37. The van der Waals surface area contributed by atoms with Crippen LogP contribution in [-0.4, -0.2) is 4.98 Å². The molecule has 2 nitrogen and oxygen atoms in total. The first kappa shape index (κ1) is 13.8. The molecule has 0 aliphatic heterocycles. The first-order chi connectivity index (χ1) is 7.59. The Labute approximate surface area is 108 Å². The monoisotopic (exact) mass is 250 g/mol. The molecule has 2 aromatic rings. The molecule has 0 saturated carbocycles. The van der Waals surface area contributed by atoms with E-state index in [1.807, 2.05) is 19.1 Å². The lowest BCUT2D eigenvalue weighted by Gasteiger charge is -2.12. The van der Waals surface area contributed by atoms with Gasteiger partial charge in [0.25, 0.3) is 0 Å². The number of halogens is 1. The lowest BCUT2D eigenvalue weighted by atomic mass is 9.98. The summed E-state index contributed by atoms with van der Waals surface area (Å²) in [5.41, 5.74) is 10.9. The highest BCUT2D eigenvalue weighted by Gasteiger charge is 2.14. The number of aryl methyl sites for hydroxylation is 1. The molecule has 0 unspecified atom stereocenters. The molecule has 0 aliphatic carbocycles. The molecule has 0 amide bonds. The van der Waals surface area contributed by atoms with E-state index in [-0.39, 0.29) is 18.4 Å². The summed E-state index contributed by atoms with van der Waals surface area (Å²) in [6, 6.07) is 8.32. The van der Waals surface area contributed by atoms with Crippen molar-refractivity contribution < 1.29 is 0 Å². The highest BCUT2D eigenvalue weighted by atomic mass is 35.5. The molecule has 0 radical (unpaired) electrons. The van der Waals surface area contributed by atoms with Crippen LogP contribution in [0.1, 0.15) is 30.6 Å². The third-order valence-corrected chi connectivity index (χ3v) is 2.88. The van der Waals surface area contributed by atoms with Crippen LogP contribution in [0.5, 0.6) is 0 Å². The van der Waals surface area contributed by atoms with Crippen molar-refractivity contribution in [3.05, 3.63) is 47.7 Å². The van der Waals surface area contributed by atoms with Gasteiger partial charge in [-0.25, -0.2) is 0 Å². The predicted molar refractivity (Wildman–Crippen MR) is 76.6 cm³/mol. The Hall–Kier alpha value is -1.25. The van der Waals surface area contributed by atoms with E-state index in [2.05, 4.69) is 30.6 Å². The third-order valence-electron chi connectivity index (χ3n) is 2.88. The number of nitrogens with one attached hydrogen (secondary N) is 1. The first-order valence-corrected chi connectivity index (χ1v) is 5.56. The zero-order valence-corrected chi connectivity index (χ0v) is 11.1. The standard InChI is InChI=1S/C14H18N2.ClH/c1-9(2)8-12(15)14-10(3)16-13-7-5-4-6-11(13)14;/h4-7,12,16H,1,8,15H2,2-3H3;1H/t12-;/m0./s1.